The first-order valence-electron chi connectivity index (χ1n) is 6.48. The number of rotatable bonds is 4. The molecule has 1 fully saturated rings. The molecule has 0 radical (unpaired) electrons. The van der Waals surface area contributed by atoms with Gasteiger partial charge in [0.05, 0.1) is 0 Å². The lowest BCUT2D eigenvalue weighted by molar-refractivity contribution is 0.449. The Morgan fingerprint density at radius 2 is 2.29 bits per heavy atom. The van der Waals surface area contributed by atoms with Gasteiger partial charge in [-0.25, -0.2) is 9.97 Å². The molecule has 2 heterocycles. The molecule has 0 N–H and O–H groups in total. The summed E-state index contributed by atoms with van der Waals surface area (Å²) in [7, 11) is 0. The van der Waals surface area contributed by atoms with Gasteiger partial charge in [0.1, 0.15) is 12.1 Å². The van der Waals surface area contributed by atoms with Crippen LogP contribution in [0.4, 0.5) is 5.82 Å². The minimum atomic E-state index is 0.641. The lowest BCUT2D eigenvalue weighted by atomic mass is 10.00. The molecule has 1 saturated heterocycles. The monoisotopic (exact) mass is 297 g/mol. The summed E-state index contributed by atoms with van der Waals surface area (Å²) in [6.45, 7) is 3.27. The van der Waals surface area contributed by atoms with E-state index in [1.54, 1.807) is 6.33 Å². The van der Waals surface area contributed by atoms with E-state index < -0.39 is 0 Å². The van der Waals surface area contributed by atoms with Gasteiger partial charge in [0.15, 0.2) is 0 Å². The number of hydrogen-bond donors (Lipinski definition) is 0. The Bertz CT molecular complexity index is 354. The summed E-state index contributed by atoms with van der Waals surface area (Å²) >= 11 is 3.55. The van der Waals surface area contributed by atoms with Gasteiger partial charge in [-0.15, -0.1) is 0 Å². The van der Waals surface area contributed by atoms with E-state index in [-0.39, 0.29) is 0 Å². The van der Waals surface area contributed by atoms with Crippen LogP contribution in [0.15, 0.2) is 12.4 Å². The van der Waals surface area contributed by atoms with Gasteiger partial charge in [-0.05, 0) is 32.1 Å². The smallest absolute Gasteiger partial charge is 0.132 e. The minimum Gasteiger partial charge on any atom is -0.354 e. The number of hydrogen-bond acceptors (Lipinski definition) is 3. The lowest BCUT2D eigenvalue weighted by Crippen LogP contribution is -2.40. The van der Waals surface area contributed by atoms with Crippen molar-refractivity contribution in [3.8, 4) is 0 Å². The number of halogens is 1. The highest BCUT2D eigenvalue weighted by molar-refractivity contribution is 9.09. The van der Waals surface area contributed by atoms with Crippen LogP contribution < -0.4 is 4.90 Å². The van der Waals surface area contributed by atoms with E-state index in [2.05, 4.69) is 43.8 Å². The fourth-order valence-electron chi connectivity index (χ4n) is 2.46. The van der Waals surface area contributed by atoms with E-state index in [1.165, 1.54) is 25.7 Å². The van der Waals surface area contributed by atoms with E-state index in [0.29, 0.717) is 6.04 Å². The molecule has 2 rings (SSSR count). The summed E-state index contributed by atoms with van der Waals surface area (Å²) in [4.78, 5) is 11.2. The molecule has 0 spiro atoms. The van der Waals surface area contributed by atoms with Crippen molar-refractivity contribution in [2.24, 2.45) is 0 Å². The maximum Gasteiger partial charge on any atom is 0.132 e. The first-order chi connectivity index (χ1) is 8.35. The zero-order valence-corrected chi connectivity index (χ0v) is 12.0. The second-order valence-electron chi connectivity index (χ2n) is 4.54. The largest absolute Gasteiger partial charge is 0.354 e. The zero-order valence-electron chi connectivity index (χ0n) is 10.4. The summed E-state index contributed by atoms with van der Waals surface area (Å²) in [6.07, 6.45) is 7.80. The Morgan fingerprint density at radius 3 is 3.06 bits per heavy atom. The first kappa shape index (κ1) is 12.8. The van der Waals surface area contributed by atoms with Crippen LogP contribution >= 0.6 is 15.9 Å². The third kappa shape index (κ3) is 3.18. The van der Waals surface area contributed by atoms with Crippen molar-refractivity contribution >= 4 is 21.7 Å². The summed E-state index contributed by atoms with van der Waals surface area (Å²) < 4.78 is 0. The molecule has 3 nitrogen and oxygen atoms in total. The minimum absolute atomic E-state index is 0.641. The lowest BCUT2D eigenvalue weighted by Gasteiger charge is -2.36. The van der Waals surface area contributed by atoms with E-state index in [1.807, 2.05) is 0 Å². The Morgan fingerprint density at radius 1 is 1.41 bits per heavy atom. The average molecular weight is 298 g/mol. The van der Waals surface area contributed by atoms with Crippen molar-refractivity contribution < 1.29 is 0 Å². The molecule has 4 heteroatoms. The van der Waals surface area contributed by atoms with Gasteiger partial charge in [0, 0.05) is 29.7 Å². The van der Waals surface area contributed by atoms with E-state index in [4.69, 9.17) is 0 Å². The molecule has 1 unspecified atom stereocenters. The van der Waals surface area contributed by atoms with Crippen LogP contribution in [0.25, 0.3) is 0 Å². The van der Waals surface area contributed by atoms with Crippen LogP contribution in [0.2, 0.25) is 0 Å². The van der Waals surface area contributed by atoms with Crippen molar-refractivity contribution in [2.75, 3.05) is 16.8 Å². The SMILES string of the molecule is CCc1cc(N2CCCCC2CCBr)ncn1. The molecule has 1 aliphatic rings. The van der Waals surface area contributed by atoms with Crippen molar-refractivity contribution in [1.82, 2.24) is 9.97 Å². The first-order valence-corrected chi connectivity index (χ1v) is 7.60. The molecule has 0 saturated carbocycles. The highest BCUT2D eigenvalue weighted by Crippen LogP contribution is 2.25. The Balaban J connectivity index is 2.16. The molecule has 1 aromatic rings. The summed E-state index contributed by atoms with van der Waals surface area (Å²) in [5.74, 6) is 1.11. The second kappa shape index (κ2) is 6.34. The fraction of sp³-hybridized carbons (Fsp3) is 0.692. The van der Waals surface area contributed by atoms with Crippen LogP contribution in [0.5, 0.6) is 0 Å². The summed E-state index contributed by atoms with van der Waals surface area (Å²) in [6, 6.07) is 2.79. The molecule has 0 aliphatic carbocycles. The summed E-state index contributed by atoms with van der Waals surface area (Å²) in [5.41, 5.74) is 1.14. The molecule has 1 aliphatic heterocycles. The number of nitrogens with zero attached hydrogens (tertiary/aromatic N) is 3. The maximum absolute atomic E-state index is 4.44. The van der Waals surface area contributed by atoms with Gasteiger partial charge < -0.3 is 4.90 Å². The predicted octanol–water partition coefficient (Wildman–Crippen LogP) is 3.18. The molecule has 0 bridgehead atoms. The van der Waals surface area contributed by atoms with Crippen molar-refractivity contribution in [3.05, 3.63) is 18.1 Å². The number of aromatic nitrogens is 2. The van der Waals surface area contributed by atoms with Crippen molar-refractivity contribution in [1.29, 1.82) is 0 Å². The van der Waals surface area contributed by atoms with Crippen LogP contribution in [0.1, 0.15) is 38.3 Å². The quantitative estimate of drug-likeness (QED) is 0.799. The Kier molecular flexibility index (Phi) is 4.77. The highest BCUT2D eigenvalue weighted by Gasteiger charge is 2.23. The van der Waals surface area contributed by atoms with Gasteiger partial charge in [0.2, 0.25) is 0 Å². The highest BCUT2D eigenvalue weighted by atomic mass is 79.9. The van der Waals surface area contributed by atoms with E-state index >= 15 is 0 Å². The second-order valence-corrected chi connectivity index (χ2v) is 5.33. The van der Waals surface area contributed by atoms with E-state index in [9.17, 15) is 0 Å². The maximum atomic E-state index is 4.44. The molecular formula is C13H20BrN3. The molecule has 94 valence electrons. The van der Waals surface area contributed by atoms with Gasteiger partial charge in [-0.2, -0.15) is 0 Å². The number of piperidine rings is 1. The zero-order chi connectivity index (χ0) is 12.1. The van der Waals surface area contributed by atoms with Crippen LogP contribution in [-0.4, -0.2) is 27.9 Å². The summed E-state index contributed by atoms with van der Waals surface area (Å²) in [5, 5.41) is 1.07. The van der Waals surface area contributed by atoms with Gasteiger partial charge in [-0.3, -0.25) is 0 Å². The Hall–Kier alpha value is -0.640. The molecule has 1 aromatic heterocycles. The third-order valence-electron chi connectivity index (χ3n) is 3.44. The third-order valence-corrected chi connectivity index (χ3v) is 3.89. The molecule has 0 amide bonds. The molecule has 17 heavy (non-hydrogen) atoms. The topological polar surface area (TPSA) is 29.0 Å². The normalized spacial score (nSPS) is 20.6. The van der Waals surface area contributed by atoms with Crippen LogP contribution in [-0.2, 0) is 6.42 Å². The van der Waals surface area contributed by atoms with Gasteiger partial charge in [-0.1, -0.05) is 22.9 Å². The molecular weight excluding hydrogens is 278 g/mol. The van der Waals surface area contributed by atoms with Crippen LogP contribution in [0.3, 0.4) is 0 Å². The number of aryl methyl sites for hydroxylation is 1. The molecule has 1 atom stereocenters. The van der Waals surface area contributed by atoms with E-state index in [0.717, 1.165) is 29.8 Å². The number of alkyl halides is 1. The van der Waals surface area contributed by atoms with Crippen molar-refractivity contribution in [3.63, 3.8) is 0 Å². The fourth-order valence-corrected chi connectivity index (χ4v) is 2.99. The number of anilines is 1. The van der Waals surface area contributed by atoms with Crippen LogP contribution in [0, 0.1) is 0 Å². The standard InChI is InChI=1S/C13H20BrN3/c1-2-11-9-13(16-10-15-11)17-8-4-3-5-12(17)6-7-14/h9-10,12H,2-8H2,1H3. The predicted molar refractivity (Wildman–Crippen MR) is 74.8 cm³/mol. The van der Waals surface area contributed by atoms with Crippen molar-refractivity contribution in [2.45, 2.75) is 45.1 Å². The van der Waals surface area contributed by atoms with Gasteiger partial charge >= 0.3 is 0 Å². The average Bonchev–Trinajstić information content (AvgIpc) is 2.40. The molecule has 0 aromatic carbocycles. The Labute approximate surface area is 112 Å². The van der Waals surface area contributed by atoms with Gasteiger partial charge in [0.25, 0.3) is 0 Å².